The average Bonchev–Trinajstić information content (AvgIpc) is 2.72. The summed E-state index contributed by atoms with van der Waals surface area (Å²) in [6, 6.07) is 0. The van der Waals surface area contributed by atoms with Gasteiger partial charge in [0.05, 0.1) is 25.2 Å². The Morgan fingerprint density at radius 3 is 2.55 bits per heavy atom. The van der Waals surface area contributed by atoms with Gasteiger partial charge in [-0.15, -0.1) is 0 Å². The lowest BCUT2D eigenvalue weighted by atomic mass is 9.86. The second-order valence-electron chi connectivity index (χ2n) is 8.44. The predicted octanol–water partition coefficient (Wildman–Crippen LogP) is 5.22. The van der Waals surface area contributed by atoms with Crippen molar-refractivity contribution in [1.29, 1.82) is 0 Å². The second kappa shape index (κ2) is 14.1. The van der Waals surface area contributed by atoms with Gasteiger partial charge in [-0.2, -0.15) is 0 Å². The molecule has 2 fully saturated rings. The molecule has 0 aromatic rings. The Morgan fingerprint density at radius 2 is 1.83 bits per heavy atom. The summed E-state index contributed by atoms with van der Waals surface area (Å²) in [5.41, 5.74) is 0. The van der Waals surface area contributed by atoms with Gasteiger partial charge in [-0.1, -0.05) is 45.4 Å². The third-order valence-corrected chi connectivity index (χ3v) is 6.01. The number of ketones is 1. The normalized spacial score (nSPS) is 25.9. The SMILES string of the molecule is [CH2]CCCC(CC(=O)[C]1OC2CCCCCCC1COCCCC2)C(=O)OCC. The van der Waals surface area contributed by atoms with Crippen molar-refractivity contribution >= 4 is 11.8 Å². The van der Waals surface area contributed by atoms with Gasteiger partial charge in [-0.25, -0.2) is 0 Å². The van der Waals surface area contributed by atoms with E-state index in [4.69, 9.17) is 14.2 Å². The number of fused-ring (bicyclic) bond motifs is 3. The third kappa shape index (κ3) is 8.75. The van der Waals surface area contributed by atoms with Gasteiger partial charge in [0.2, 0.25) is 0 Å². The molecular formula is C24H40O5. The molecule has 2 aliphatic heterocycles. The van der Waals surface area contributed by atoms with E-state index in [0.29, 0.717) is 25.7 Å². The molecule has 5 nitrogen and oxygen atoms in total. The van der Waals surface area contributed by atoms with Gasteiger partial charge in [-0.05, 0) is 45.4 Å². The van der Waals surface area contributed by atoms with Crippen LogP contribution in [0.15, 0.2) is 0 Å². The monoisotopic (exact) mass is 408 g/mol. The van der Waals surface area contributed by atoms with Crippen molar-refractivity contribution in [2.75, 3.05) is 19.8 Å². The van der Waals surface area contributed by atoms with Crippen LogP contribution in [0, 0.1) is 24.9 Å². The van der Waals surface area contributed by atoms with E-state index in [9.17, 15) is 9.59 Å². The Kier molecular flexibility index (Phi) is 11.9. The third-order valence-electron chi connectivity index (χ3n) is 6.01. The van der Waals surface area contributed by atoms with E-state index in [0.717, 1.165) is 64.4 Å². The summed E-state index contributed by atoms with van der Waals surface area (Å²) in [4.78, 5) is 25.8. The minimum absolute atomic E-state index is 0.00288. The molecule has 5 heteroatoms. The fraction of sp³-hybridized carbons (Fsp3) is 0.833. The molecule has 0 saturated carbocycles. The molecule has 3 atom stereocenters. The molecule has 2 saturated heterocycles. The summed E-state index contributed by atoms with van der Waals surface area (Å²) in [5, 5.41) is 0. The van der Waals surface area contributed by atoms with Gasteiger partial charge in [0.25, 0.3) is 0 Å². The Balaban J connectivity index is 2.14. The number of rotatable bonds is 8. The van der Waals surface area contributed by atoms with E-state index in [1.807, 2.05) is 0 Å². The lowest BCUT2D eigenvalue weighted by Crippen LogP contribution is -2.35. The summed E-state index contributed by atoms with van der Waals surface area (Å²) in [5.74, 6) is -0.729. The van der Waals surface area contributed by atoms with E-state index in [-0.39, 0.29) is 30.2 Å². The number of unbranched alkanes of at least 4 members (excludes halogenated alkanes) is 1. The van der Waals surface area contributed by atoms with Crippen LogP contribution in [0.2, 0.25) is 0 Å². The summed E-state index contributed by atoms with van der Waals surface area (Å²) >= 11 is 0. The topological polar surface area (TPSA) is 61.8 Å². The Bertz CT molecular complexity index is 462. The van der Waals surface area contributed by atoms with Crippen molar-refractivity contribution in [3.63, 3.8) is 0 Å². The standard InChI is InChI=1S/C24H40O5/c1-3-5-12-19(24(26)28-4-2)17-22(25)23-20-13-8-6-7-9-14-21(29-23)15-10-11-16-27-18-20/h19-21H,1,3-18H2,2H3. The van der Waals surface area contributed by atoms with E-state index >= 15 is 0 Å². The number of esters is 1. The number of carbonyl (C=O) groups is 2. The first kappa shape index (κ1) is 24.3. The average molecular weight is 409 g/mol. The van der Waals surface area contributed by atoms with E-state index in [2.05, 4.69) is 6.92 Å². The number of carbonyl (C=O) groups excluding carboxylic acids is 2. The van der Waals surface area contributed by atoms with Crippen LogP contribution >= 0.6 is 0 Å². The Morgan fingerprint density at radius 1 is 1.10 bits per heavy atom. The minimum Gasteiger partial charge on any atom is -0.466 e. The molecule has 0 aliphatic carbocycles. The van der Waals surface area contributed by atoms with Gasteiger partial charge < -0.3 is 14.2 Å². The minimum atomic E-state index is -0.413. The maximum absolute atomic E-state index is 13.4. The molecule has 0 aromatic heterocycles. The zero-order valence-corrected chi connectivity index (χ0v) is 18.3. The van der Waals surface area contributed by atoms with Crippen molar-refractivity contribution in [3.05, 3.63) is 13.0 Å². The van der Waals surface area contributed by atoms with Crippen molar-refractivity contribution in [2.45, 2.75) is 96.5 Å². The van der Waals surface area contributed by atoms with Crippen LogP contribution in [0.3, 0.4) is 0 Å². The van der Waals surface area contributed by atoms with Gasteiger partial charge in [0.15, 0.2) is 11.9 Å². The molecule has 3 unspecified atom stereocenters. The Labute approximate surface area is 177 Å². The second-order valence-corrected chi connectivity index (χ2v) is 8.44. The lowest BCUT2D eigenvalue weighted by Gasteiger charge is -2.32. The molecule has 0 spiro atoms. The largest absolute Gasteiger partial charge is 0.466 e. The molecule has 0 amide bonds. The number of hydrogen-bond acceptors (Lipinski definition) is 5. The van der Waals surface area contributed by atoms with Gasteiger partial charge in [0, 0.05) is 18.9 Å². The van der Waals surface area contributed by atoms with Gasteiger partial charge in [0.1, 0.15) is 0 Å². The molecule has 2 bridgehead atoms. The van der Waals surface area contributed by atoms with Crippen LogP contribution in [-0.2, 0) is 23.8 Å². The zero-order chi connectivity index (χ0) is 20.9. The smallest absolute Gasteiger partial charge is 0.309 e. The zero-order valence-electron chi connectivity index (χ0n) is 18.3. The fourth-order valence-electron chi connectivity index (χ4n) is 4.32. The van der Waals surface area contributed by atoms with Crippen LogP contribution in [0.5, 0.6) is 0 Å². The fourth-order valence-corrected chi connectivity index (χ4v) is 4.32. The quantitative estimate of drug-likeness (QED) is 0.516. The summed E-state index contributed by atoms with van der Waals surface area (Å²) in [6.07, 6.45) is 12.7. The molecule has 2 radical (unpaired) electrons. The predicted molar refractivity (Wildman–Crippen MR) is 113 cm³/mol. The number of ether oxygens (including phenoxy) is 3. The van der Waals surface area contributed by atoms with Crippen LogP contribution in [-0.4, -0.2) is 37.7 Å². The van der Waals surface area contributed by atoms with Crippen LogP contribution in [0.4, 0.5) is 0 Å². The molecular weight excluding hydrogens is 368 g/mol. The van der Waals surface area contributed by atoms with Gasteiger partial charge >= 0.3 is 5.97 Å². The first-order chi connectivity index (χ1) is 14.2. The highest BCUT2D eigenvalue weighted by molar-refractivity contribution is 5.93. The van der Waals surface area contributed by atoms with Crippen molar-refractivity contribution in [1.82, 2.24) is 0 Å². The highest BCUT2D eigenvalue weighted by Crippen LogP contribution is 2.33. The summed E-state index contributed by atoms with van der Waals surface area (Å²) < 4.78 is 17.5. The maximum Gasteiger partial charge on any atom is 0.309 e. The molecule has 2 rings (SSSR count). The van der Waals surface area contributed by atoms with Crippen molar-refractivity contribution < 1.29 is 23.8 Å². The van der Waals surface area contributed by atoms with E-state index in [1.165, 1.54) is 12.8 Å². The van der Waals surface area contributed by atoms with Crippen molar-refractivity contribution in [2.24, 2.45) is 11.8 Å². The molecule has 2 heterocycles. The highest BCUT2D eigenvalue weighted by atomic mass is 16.5. The van der Waals surface area contributed by atoms with E-state index in [1.54, 1.807) is 6.92 Å². The van der Waals surface area contributed by atoms with Crippen LogP contribution in [0.1, 0.15) is 90.4 Å². The van der Waals surface area contributed by atoms with E-state index < -0.39 is 5.92 Å². The molecule has 0 aromatic carbocycles. The van der Waals surface area contributed by atoms with Crippen molar-refractivity contribution in [3.8, 4) is 0 Å². The molecule has 2 aliphatic rings. The molecule has 166 valence electrons. The first-order valence-corrected chi connectivity index (χ1v) is 11.8. The summed E-state index contributed by atoms with van der Waals surface area (Å²) in [6.45, 7) is 7.28. The van der Waals surface area contributed by atoms with Gasteiger partial charge in [-0.3, -0.25) is 9.59 Å². The Hall–Kier alpha value is -0.940. The van der Waals surface area contributed by atoms with Crippen LogP contribution < -0.4 is 0 Å². The summed E-state index contributed by atoms with van der Waals surface area (Å²) in [7, 11) is 0. The van der Waals surface area contributed by atoms with Crippen LogP contribution in [0.25, 0.3) is 0 Å². The highest BCUT2D eigenvalue weighted by Gasteiger charge is 2.36. The maximum atomic E-state index is 13.4. The first-order valence-electron chi connectivity index (χ1n) is 11.8. The number of hydrogen-bond donors (Lipinski definition) is 0. The lowest BCUT2D eigenvalue weighted by molar-refractivity contribution is -0.150. The molecule has 29 heavy (non-hydrogen) atoms. The number of Topliss-reactive ketones (excluding diaryl/α,β-unsaturated/α-hetero) is 1. The molecule has 0 N–H and O–H groups in total.